The lowest BCUT2D eigenvalue weighted by atomic mass is 9.83. The van der Waals surface area contributed by atoms with Crippen LogP contribution in [0.3, 0.4) is 0 Å². The molecule has 0 aromatic heterocycles. The third-order valence-corrected chi connectivity index (χ3v) is 4.79. The molecular weight excluding hydrogens is 286 g/mol. The normalized spacial score (nSPS) is 20.0. The highest BCUT2D eigenvalue weighted by Gasteiger charge is 2.35. The summed E-state index contributed by atoms with van der Waals surface area (Å²) in [7, 11) is -4.27. The number of halogens is 2. The molecule has 0 saturated heterocycles. The summed E-state index contributed by atoms with van der Waals surface area (Å²) in [6, 6.07) is 4.69. The second-order valence-electron chi connectivity index (χ2n) is 5.59. The summed E-state index contributed by atoms with van der Waals surface area (Å²) in [5.74, 6) is -2.55. The van der Waals surface area contributed by atoms with Crippen molar-refractivity contribution in [3.8, 4) is 0 Å². The van der Waals surface area contributed by atoms with Gasteiger partial charge in [0.2, 0.25) is 5.92 Å². The summed E-state index contributed by atoms with van der Waals surface area (Å²) < 4.78 is 58.1. The van der Waals surface area contributed by atoms with Crippen LogP contribution < -0.4 is 0 Å². The van der Waals surface area contributed by atoms with Crippen LogP contribution >= 0.6 is 0 Å². The molecule has 1 aliphatic carbocycles. The molecule has 0 unspecified atom stereocenters. The molecule has 1 aromatic carbocycles. The number of rotatable bonds is 3. The van der Waals surface area contributed by atoms with Crippen LogP contribution in [0.5, 0.6) is 0 Å². The highest BCUT2D eigenvalue weighted by molar-refractivity contribution is 7.85. The topological polar surface area (TPSA) is 54.4 Å². The zero-order chi connectivity index (χ0) is 15.0. The van der Waals surface area contributed by atoms with Gasteiger partial charge in [-0.05, 0) is 43.7 Å². The number of hydrogen-bond acceptors (Lipinski definition) is 2. The third kappa shape index (κ3) is 3.76. The van der Waals surface area contributed by atoms with Gasteiger partial charge in [0, 0.05) is 12.8 Å². The minimum Gasteiger partial charge on any atom is -0.282 e. The standard InChI is InChI=1S/C14H18F2O3S/c1-10-2-3-13(20(17,18)19)12(8-10)9-11-4-6-14(15,16)7-5-11/h2-3,8,11H,4-7,9H2,1H3,(H,17,18,19). The van der Waals surface area contributed by atoms with Crippen LogP contribution in [0.15, 0.2) is 23.1 Å². The van der Waals surface area contributed by atoms with Gasteiger partial charge in [-0.1, -0.05) is 17.7 Å². The van der Waals surface area contributed by atoms with Crippen molar-refractivity contribution in [3.63, 3.8) is 0 Å². The van der Waals surface area contributed by atoms with E-state index in [0.29, 0.717) is 24.8 Å². The Morgan fingerprint density at radius 3 is 2.45 bits per heavy atom. The predicted molar refractivity (Wildman–Crippen MR) is 71.6 cm³/mol. The van der Waals surface area contributed by atoms with Gasteiger partial charge in [-0.15, -0.1) is 0 Å². The maximum Gasteiger partial charge on any atom is 0.294 e. The van der Waals surface area contributed by atoms with Gasteiger partial charge in [-0.25, -0.2) is 8.78 Å². The van der Waals surface area contributed by atoms with Crippen LogP contribution in [0.25, 0.3) is 0 Å². The van der Waals surface area contributed by atoms with Crippen LogP contribution in [-0.4, -0.2) is 18.9 Å². The van der Waals surface area contributed by atoms with Gasteiger partial charge in [-0.3, -0.25) is 4.55 Å². The van der Waals surface area contributed by atoms with E-state index in [1.165, 1.54) is 6.07 Å². The fourth-order valence-corrected chi connectivity index (χ4v) is 3.45. The van der Waals surface area contributed by atoms with Gasteiger partial charge in [0.15, 0.2) is 0 Å². The van der Waals surface area contributed by atoms with Gasteiger partial charge in [0.05, 0.1) is 4.90 Å². The first-order valence-corrected chi connectivity index (χ1v) is 8.06. The Kier molecular flexibility index (Phi) is 4.16. The van der Waals surface area contributed by atoms with Gasteiger partial charge in [0.1, 0.15) is 0 Å². The lowest BCUT2D eigenvalue weighted by molar-refractivity contribution is -0.0457. The maximum absolute atomic E-state index is 13.1. The molecular formula is C14H18F2O3S. The first kappa shape index (κ1) is 15.4. The lowest BCUT2D eigenvalue weighted by Crippen LogP contribution is -2.25. The number of aryl methyl sites for hydroxylation is 1. The summed E-state index contributed by atoms with van der Waals surface area (Å²) >= 11 is 0. The van der Waals surface area contributed by atoms with Crippen molar-refractivity contribution in [2.45, 2.75) is 49.8 Å². The van der Waals surface area contributed by atoms with E-state index in [-0.39, 0.29) is 23.7 Å². The van der Waals surface area contributed by atoms with Crippen molar-refractivity contribution in [1.29, 1.82) is 0 Å². The van der Waals surface area contributed by atoms with Crippen molar-refractivity contribution in [1.82, 2.24) is 0 Å². The quantitative estimate of drug-likeness (QED) is 0.868. The van der Waals surface area contributed by atoms with Crippen molar-refractivity contribution >= 4 is 10.1 Å². The molecule has 0 bridgehead atoms. The fraction of sp³-hybridized carbons (Fsp3) is 0.571. The monoisotopic (exact) mass is 304 g/mol. The van der Waals surface area contributed by atoms with E-state index < -0.39 is 16.0 Å². The largest absolute Gasteiger partial charge is 0.294 e. The smallest absolute Gasteiger partial charge is 0.282 e. The van der Waals surface area contributed by atoms with Gasteiger partial charge in [0.25, 0.3) is 10.1 Å². The van der Waals surface area contributed by atoms with E-state index in [1.807, 2.05) is 6.92 Å². The Balaban J connectivity index is 2.19. The zero-order valence-corrected chi connectivity index (χ0v) is 12.1. The first-order valence-electron chi connectivity index (χ1n) is 6.62. The molecule has 6 heteroatoms. The van der Waals surface area contributed by atoms with Crippen LogP contribution in [0.1, 0.15) is 36.8 Å². The molecule has 1 saturated carbocycles. The summed E-state index contributed by atoms with van der Waals surface area (Å²) in [4.78, 5) is -0.111. The molecule has 1 fully saturated rings. The second-order valence-corrected chi connectivity index (χ2v) is 6.98. The molecule has 20 heavy (non-hydrogen) atoms. The molecule has 1 aliphatic rings. The fourth-order valence-electron chi connectivity index (χ4n) is 2.73. The molecule has 1 aromatic rings. The van der Waals surface area contributed by atoms with E-state index in [9.17, 15) is 21.8 Å². The number of benzene rings is 1. The van der Waals surface area contributed by atoms with Crippen LogP contribution in [0.4, 0.5) is 8.78 Å². The maximum atomic E-state index is 13.1. The molecule has 0 heterocycles. The zero-order valence-electron chi connectivity index (χ0n) is 11.3. The van der Waals surface area contributed by atoms with Gasteiger partial charge >= 0.3 is 0 Å². The van der Waals surface area contributed by atoms with Crippen LogP contribution in [0, 0.1) is 12.8 Å². The molecule has 2 rings (SSSR count). The van der Waals surface area contributed by atoms with E-state index in [2.05, 4.69) is 0 Å². The Morgan fingerprint density at radius 1 is 1.30 bits per heavy atom. The highest BCUT2D eigenvalue weighted by atomic mass is 32.2. The average Bonchev–Trinajstić information content (AvgIpc) is 2.30. The summed E-state index contributed by atoms with van der Waals surface area (Å²) in [5, 5.41) is 0. The molecule has 0 radical (unpaired) electrons. The van der Waals surface area contributed by atoms with E-state index in [1.54, 1.807) is 12.1 Å². The highest BCUT2D eigenvalue weighted by Crippen LogP contribution is 2.38. The predicted octanol–water partition coefficient (Wildman–Crippen LogP) is 3.61. The molecule has 3 nitrogen and oxygen atoms in total. The Hall–Kier alpha value is -1.01. The molecule has 0 amide bonds. The SMILES string of the molecule is Cc1ccc(S(=O)(=O)O)c(CC2CCC(F)(F)CC2)c1. The van der Waals surface area contributed by atoms with Crippen LogP contribution in [0.2, 0.25) is 0 Å². The first-order chi connectivity index (χ1) is 9.17. The Bertz CT molecular complexity index is 586. The van der Waals surface area contributed by atoms with Crippen molar-refractivity contribution in [2.75, 3.05) is 0 Å². The molecule has 0 atom stereocenters. The number of hydrogen-bond donors (Lipinski definition) is 1. The Morgan fingerprint density at radius 2 is 1.90 bits per heavy atom. The second kappa shape index (κ2) is 5.41. The van der Waals surface area contributed by atoms with Crippen molar-refractivity contribution in [3.05, 3.63) is 29.3 Å². The minimum atomic E-state index is -4.27. The van der Waals surface area contributed by atoms with Gasteiger partial charge in [-0.2, -0.15) is 8.42 Å². The lowest BCUT2D eigenvalue weighted by Gasteiger charge is -2.28. The average molecular weight is 304 g/mol. The summed E-state index contributed by atoms with van der Waals surface area (Å²) in [6.45, 7) is 1.83. The van der Waals surface area contributed by atoms with Gasteiger partial charge < -0.3 is 0 Å². The molecule has 112 valence electrons. The molecule has 0 spiro atoms. The summed E-state index contributed by atoms with van der Waals surface area (Å²) in [5.41, 5.74) is 1.40. The Labute approximate surface area is 117 Å². The van der Waals surface area contributed by atoms with E-state index >= 15 is 0 Å². The number of alkyl halides is 2. The van der Waals surface area contributed by atoms with E-state index in [4.69, 9.17) is 0 Å². The van der Waals surface area contributed by atoms with Crippen molar-refractivity contribution in [2.24, 2.45) is 5.92 Å². The third-order valence-electron chi connectivity index (χ3n) is 3.84. The molecule has 1 N–H and O–H groups in total. The van der Waals surface area contributed by atoms with E-state index in [0.717, 1.165) is 5.56 Å². The molecule has 0 aliphatic heterocycles. The van der Waals surface area contributed by atoms with Crippen molar-refractivity contribution < 1.29 is 21.8 Å². The van der Waals surface area contributed by atoms with Crippen LogP contribution in [-0.2, 0) is 16.5 Å². The summed E-state index contributed by atoms with van der Waals surface area (Å²) in [6.07, 6.45) is 0.875. The minimum absolute atomic E-state index is 0.0388.